The number of carbonyl (C=O) groups excluding carboxylic acids is 2. The fourth-order valence-electron chi connectivity index (χ4n) is 2.95. The van der Waals surface area contributed by atoms with Gasteiger partial charge in [0.15, 0.2) is 0 Å². The second-order valence-corrected chi connectivity index (χ2v) is 5.21. The zero-order valence-electron chi connectivity index (χ0n) is 11.7. The van der Waals surface area contributed by atoms with E-state index in [4.69, 9.17) is 5.73 Å². The first-order valence-electron chi connectivity index (χ1n) is 7.06. The van der Waals surface area contributed by atoms with E-state index in [0.717, 1.165) is 23.3 Å². The van der Waals surface area contributed by atoms with Gasteiger partial charge in [-0.3, -0.25) is 4.90 Å². The van der Waals surface area contributed by atoms with Gasteiger partial charge in [0.25, 0.3) is 0 Å². The Morgan fingerprint density at radius 1 is 1.38 bits per heavy atom. The molecule has 0 unspecified atom stereocenters. The fourth-order valence-corrected chi connectivity index (χ4v) is 2.95. The maximum atomic E-state index is 12.1. The van der Waals surface area contributed by atoms with Gasteiger partial charge >= 0.3 is 12.1 Å². The molecule has 0 fully saturated rings. The van der Waals surface area contributed by atoms with Crippen LogP contribution in [-0.4, -0.2) is 36.6 Å². The number of hydrogen-bond donors (Lipinski definition) is 3. The minimum absolute atomic E-state index is 0.0499. The summed E-state index contributed by atoms with van der Waals surface area (Å²) in [5, 5.41) is 5.48. The van der Waals surface area contributed by atoms with Crippen LogP contribution in [0.15, 0.2) is 29.8 Å². The van der Waals surface area contributed by atoms with E-state index in [0.29, 0.717) is 26.1 Å². The van der Waals surface area contributed by atoms with E-state index in [1.807, 2.05) is 12.1 Å². The minimum Gasteiger partial charge on any atom is -0.352 e. The lowest BCUT2D eigenvalue weighted by atomic mass is 9.91. The second kappa shape index (κ2) is 5.47. The van der Waals surface area contributed by atoms with Crippen LogP contribution >= 0.6 is 0 Å². The minimum atomic E-state index is -0.527. The zero-order valence-corrected chi connectivity index (χ0v) is 11.7. The molecule has 0 aliphatic carbocycles. The van der Waals surface area contributed by atoms with E-state index in [-0.39, 0.29) is 6.03 Å². The molecular formula is C15H18N4O2. The molecule has 0 aromatic heterocycles. The molecular weight excluding hydrogens is 268 g/mol. The van der Waals surface area contributed by atoms with Crippen molar-refractivity contribution in [3.63, 3.8) is 0 Å². The first kappa shape index (κ1) is 13.5. The highest BCUT2D eigenvalue weighted by Gasteiger charge is 2.31. The summed E-state index contributed by atoms with van der Waals surface area (Å²) >= 11 is 0. The third kappa shape index (κ3) is 2.56. The smallest absolute Gasteiger partial charge is 0.322 e. The van der Waals surface area contributed by atoms with E-state index in [9.17, 15) is 9.59 Å². The molecule has 2 aliphatic heterocycles. The predicted molar refractivity (Wildman–Crippen MR) is 79.4 cm³/mol. The van der Waals surface area contributed by atoms with E-state index in [1.165, 1.54) is 5.56 Å². The number of nitrogens with one attached hydrogen (secondary N) is 2. The van der Waals surface area contributed by atoms with Crippen molar-refractivity contribution in [1.82, 2.24) is 15.5 Å². The third-order valence-electron chi connectivity index (χ3n) is 3.91. The van der Waals surface area contributed by atoms with Crippen LogP contribution in [-0.2, 0) is 6.42 Å². The molecule has 6 heteroatoms. The van der Waals surface area contributed by atoms with Crippen molar-refractivity contribution in [2.75, 3.05) is 19.6 Å². The van der Waals surface area contributed by atoms with Crippen molar-refractivity contribution in [2.24, 2.45) is 5.73 Å². The molecule has 110 valence electrons. The van der Waals surface area contributed by atoms with Crippen LogP contribution in [0.5, 0.6) is 0 Å². The number of hydrogen-bond acceptors (Lipinski definition) is 2. The number of benzene rings is 1. The van der Waals surface area contributed by atoms with Crippen LogP contribution in [0.2, 0.25) is 0 Å². The standard InChI is InChI=1S/C15H18N4O2/c16-14(20)17-7-5-11-9-18-15(21)19-8-6-10-3-1-2-4-12(10)13(11)19/h1-4H,5-9H2,(H,18,21)(H3,16,17,20). The van der Waals surface area contributed by atoms with Crippen LogP contribution in [0.25, 0.3) is 5.70 Å². The Balaban J connectivity index is 1.95. The summed E-state index contributed by atoms with van der Waals surface area (Å²) in [5.74, 6) is 0. The van der Waals surface area contributed by atoms with Gasteiger partial charge in [0.05, 0.1) is 5.70 Å². The lowest BCUT2D eigenvalue weighted by molar-refractivity contribution is 0.215. The van der Waals surface area contributed by atoms with Crippen molar-refractivity contribution >= 4 is 17.8 Å². The molecule has 1 aromatic carbocycles. The maximum absolute atomic E-state index is 12.1. The summed E-state index contributed by atoms with van der Waals surface area (Å²) in [6, 6.07) is 7.59. The average molecular weight is 286 g/mol. The fraction of sp³-hybridized carbons (Fsp3) is 0.333. The number of carbonyl (C=O) groups is 2. The quantitative estimate of drug-likeness (QED) is 0.775. The molecule has 4 N–H and O–H groups in total. The highest BCUT2D eigenvalue weighted by atomic mass is 16.2. The van der Waals surface area contributed by atoms with Crippen molar-refractivity contribution in [1.29, 1.82) is 0 Å². The molecule has 4 amide bonds. The summed E-state index contributed by atoms with van der Waals surface area (Å²) < 4.78 is 0. The number of fused-ring (bicyclic) bond motifs is 3. The van der Waals surface area contributed by atoms with Gasteiger partial charge in [-0.05, 0) is 24.0 Å². The van der Waals surface area contributed by atoms with Crippen molar-refractivity contribution in [3.8, 4) is 0 Å². The lowest BCUT2D eigenvalue weighted by Gasteiger charge is -2.37. The van der Waals surface area contributed by atoms with Gasteiger partial charge in [0.2, 0.25) is 0 Å². The maximum Gasteiger partial charge on any atom is 0.322 e. The Morgan fingerprint density at radius 3 is 3.00 bits per heavy atom. The molecule has 2 aliphatic rings. The number of rotatable bonds is 3. The molecule has 0 saturated heterocycles. The van der Waals surface area contributed by atoms with Crippen LogP contribution in [0.3, 0.4) is 0 Å². The molecule has 21 heavy (non-hydrogen) atoms. The van der Waals surface area contributed by atoms with E-state index in [1.54, 1.807) is 4.90 Å². The van der Waals surface area contributed by atoms with Crippen molar-refractivity contribution < 1.29 is 9.59 Å². The SMILES string of the molecule is NC(=O)NCCC1=C2c3ccccc3CCN2C(=O)NC1. The van der Waals surface area contributed by atoms with Gasteiger partial charge in [-0.25, -0.2) is 9.59 Å². The van der Waals surface area contributed by atoms with Gasteiger partial charge in [-0.1, -0.05) is 24.3 Å². The van der Waals surface area contributed by atoms with Gasteiger partial charge in [0, 0.05) is 25.2 Å². The van der Waals surface area contributed by atoms with Gasteiger partial charge < -0.3 is 16.4 Å². The summed E-state index contributed by atoms with van der Waals surface area (Å²) in [5.41, 5.74) is 9.59. The molecule has 0 radical (unpaired) electrons. The number of urea groups is 2. The summed E-state index contributed by atoms with van der Waals surface area (Å²) in [6.45, 7) is 1.67. The number of nitrogens with two attached hydrogens (primary N) is 1. The lowest BCUT2D eigenvalue weighted by Crippen LogP contribution is -2.47. The Morgan fingerprint density at radius 2 is 2.19 bits per heavy atom. The summed E-state index contributed by atoms with van der Waals surface area (Å²) in [4.78, 5) is 24.6. The molecule has 1 aromatic rings. The molecule has 0 saturated carbocycles. The van der Waals surface area contributed by atoms with E-state index in [2.05, 4.69) is 22.8 Å². The highest BCUT2D eigenvalue weighted by Crippen LogP contribution is 2.33. The second-order valence-electron chi connectivity index (χ2n) is 5.21. The monoisotopic (exact) mass is 286 g/mol. The molecule has 2 heterocycles. The molecule has 0 spiro atoms. The van der Waals surface area contributed by atoms with Gasteiger partial charge in [-0.2, -0.15) is 0 Å². The van der Waals surface area contributed by atoms with E-state index < -0.39 is 6.03 Å². The van der Waals surface area contributed by atoms with Crippen LogP contribution in [0.1, 0.15) is 17.5 Å². The predicted octanol–water partition coefficient (Wildman–Crippen LogP) is 1.04. The molecule has 6 nitrogen and oxygen atoms in total. The van der Waals surface area contributed by atoms with Crippen LogP contribution < -0.4 is 16.4 Å². The van der Waals surface area contributed by atoms with E-state index >= 15 is 0 Å². The summed E-state index contributed by atoms with van der Waals surface area (Å²) in [7, 11) is 0. The highest BCUT2D eigenvalue weighted by molar-refractivity contribution is 5.91. The molecule has 0 atom stereocenters. The van der Waals surface area contributed by atoms with Gasteiger partial charge in [-0.15, -0.1) is 0 Å². The Bertz CT molecular complexity index is 624. The first-order chi connectivity index (χ1) is 10.2. The first-order valence-corrected chi connectivity index (χ1v) is 7.06. The largest absolute Gasteiger partial charge is 0.352 e. The zero-order chi connectivity index (χ0) is 14.8. The third-order valence-corrected chi connectivity index (χ3v) is 3.91. The van der Waals surface area contributed by atoms with Crippen LogP contribution in [0, 0.1) is 0 Å². The van der Waals surface area contributed by atoms with Crippen molar-refractivity contribution in [2.45, 2.75) is 12.8 Å². The molecule has 0 bridgehead atoms. The Kier molecular flexibility index (Phi) is 3.51. The Labute approximate surface area is 123 Å². The van der Waals surface area contributed by atoms with Crippen LogP contribution in [0.4, 0.5) is 9.59 Å². The normalized spacial score (nSPS) is 17.0. The summed E-state index contributed by atoms with van der Waals surface area (Å²) in [6.07, 6.45) is 1.53. The van der Waals surface area contributed by atoms with Crippen molar-refractivity contribution in [3.05, 3.63) is 41.0 Å². The van der Waals surface area contributed by atoms with Gasteiger partial charge in [0.1, 0.15) is 0 Å². The Hall–Kier alpha value is -2.50. The molecule has 3 rings (SSSR count). The number of amides is 4. The number of nitrogens with zero attached hydrogens (tertiary/aromatic N) is 1. The number of primary amides is 1. The average Bonchev–Trinajstić information content (AvgIpc) is 2.49. The topological polar surface area (TPSA) is 87.5 Å².